The summed E-state index contributed by atoms with van der Waals surface area (Å²) in [5.41, 5.74) is 3.26. The highest BCUT2D eigenvalue weighted by Gasteiger charge is 2.22. The molecule has 188 valence electrons. The lowest BCUT2D eigenvalue weighted by Crippen LogP contribution is -2.37. The number of anilines is 1. The van der Waals surface area contributed by atoms with Crippen molar-refractivity contribution in [2.45, 2.75) is 25.8 Å². The molecule has 0 spiro atoms. The smallest absolute Gasteiger partial charge is 0.156 e. The minimum atomic E-state index is -0.202. The third-order valence-corrected chi connectivity index (χ3v) is 7.46. The molecule has 5 aromatic rings. The highest BCUT2D eigenvalue weighted by atomic mass is 19.1. The van der Waals surface area contributed by atoms with Crippen LogP contribution in [-0.2, 0) is 13.0 Å². The van der Waals surface area contributed by atoms with Gasteiger partial charge in [0.15, 0.2) is 5.82 Å². The molecule has 0 saturated carbocycles. The highest BCUT2D eigenvalue weighted by molar-refractivity contribution is 5.90. The van der Waals surface area contributed by atoms with Gasteiger partial charge in [0.1, 0.15) is 11.6 Å². The van der Waals surface area contributed by atoms with Gasteiger partial charge in [-0.2, -0.15) is 5.10 Å². The average molecular weight is 495 g/mol. The van der Waals surface area contributed by atoms with Gasteiger partial charge in [0, 0.05) is 36.8 Å². The largest absolute Gasteiger partial charge is 0.367 e. The number of halogens is 1. The molecular formula is C30H31FN6. The first-order chi connectivity index (χ1) is 18.2. The molecule has 0 atom stereocenters. The number of fused-ring (bicyclic) bond motifs is 2. The van der Waals surface area contributed by atoms with Crippen molar-refractivity contribution in [2.75, 3.05) is 31.5 Å². The maximum atomic E-state index is 13.4. The van der Waals surface area contributed by atoms with Crippen molar-refractivity contribution >= 4 is 27.6 Å². The minimum Gasteiger partial charge on any atom is -0.367 e. The zero-order valence-corrected chi connectivity index (χ0v) is 20.9. The quantitative estimate of drug-likeness (QED) is 0.307. The predicted octanol–water partition coefficient (Wildman–Crippen LogP) is 5.53. The summed E-state index contributed by atoms with van der Waals surface area (Å²) in [6.45, 7) is 4.72. The Bertz CT molecular complexity index is 1480. The molecule has 0 amide bonds. The van der Waals surface area contributed by atoms with Gasteiger partial charge in [-0.1, -0.05) is 48.5 Å². The number of likely N-dealkylation sites (tertiary alicyclic amines) is 1. The van der Waals surface area contributed by atoms with Crippen LogP contribution in [0.2, 0.25) is 0 Å². The average Bonchev–Trinajstić information content (AvgIpc) is 3.27. The zero-order valence-electron chi connectivity index (χ0n) is 20.9. The molecule has 1 N–H and O–H groups in total. The molecule has 2 aromatic heterocycles. The fraction of sp³-hybridized carbons (Fsp3) is 0.300. The monoisotopic (exact) mass is 494 g/mol. The van der Waals surface area contributed by atoms with E-state index in [4.69, 9.17) is 4.98 Å². The summed E-state index contributed by atoms with van der Waals surface area (Å²) in [7, 11) is 0. The van der Waals surface area contributed by atoms with Crippen LogP contribution in [0.1, 0.15) is 24.2 Å². The number of imidazole rings is 1. The number of aromatic nitrogens is 4. The number of piperidine rings is 1. The number of hydrogen-bond donors (Lipinski definition) is 1. The van der Waals surface area contributed by atoms with Crippen LogP contribution in [0.25, 0.3) is 21.8 Å². The third kappa shape index (κ3) is 5.32. The van der Waals surface area contributed by atoms with E-state index < -0.39 is 0 Å². The predicted molar refractivity (Wildman–Crippen MR) is 146 cm³/mol. The molecule has 0 unspecified atom stereocenters. The Morgan fingerprint density at radius 3 is 2.57 bits per heavy atom. The molecule has 0 bridgehead atoms. The summed E-state index contributed by atoms with van der Waals surface area (Å²) >= 11 is 0. The zero-order chi connectivity index (χ0) is 25.0. The SMILES string of the molecule is Fc1ccc(Cn2c(CC3CCN(CCNc4nncc5ccccc45)CC3)nc3ccccc32)cc1. The van der Waals surface area contributed by atoms with E-state index in [1.165, 1.54) is 12.1 Å². The first-order valence-electron chi connectivity index (χ1n) is 13.1. The number of benzene rings is 3. The molecule has 6 nitrogen and oxygen atoms in total. The van der Waals surface area contributed by atoms with Crippen LogP contribution in [0.5, 0.6) is 0 Å². The molecule has 1 fully saturated rings. The van der Waals surface area contributed by atoms with E-state index in [1.807, 2.05) is 30.3 Å². The Kier molecular flexibility index (Phi) is 6.78. The van der Waals surface area contributed by atoms with E-state index in [9.17, 15) is 4.39 Å². The highest BCUT2D eigenvalue weighted by Crippen LogP contribution is 2.25. The van der Waals surface area contributed by atoms with Gasteiger partial charge in [0.25, 0.3) is 0 Å². The van der Waals surface area contributed by atoms with Gasteiger partial charge in [-0.25, -0.2) is 9.37 Å². The minimum absolute atomic E-state index is 0.202. The van der Waals surface area contributed by atoms with Crippen LogP contribution in [0.3, 0.4) is 0 Å². The van der Waals surface area contributed by atoms with E-state index in [1.54, 1.807) is 6.20 Å². The maximum absolute atomic E-state index is 13.4. The Morgan fingerprint density at radius 2 is 1.70 bits per heavy atom. The topological polar surface area (TPSA) is 58.9 Å². The maximum Gasteiger partial charge on any atom is 0.156 e. The van der Waals surface area contributed by atoms with Gasteiger partial charge < -0.3 is 14.8 Å². The Hall–Kier alpha value is -3.84. The van der Waals surface area contributed by atoms with Crippen molar-refractivity contribution in [3.63, 3.8) is 0 Å². The van der Waals surface area contributed by atoms with Gasteiger partial charge in [0.05, 0.1) is 17.2 Å². The van der Waals surface area contributed by atoms with E-state index in [2.05, 4.69) is 55.3 Å². The van der Waals surface area contributed by atoms with Crippen molar-refractivity contribution in [3.05, 3.63) is 96.2 Å². The number of para-hydroxylation sites is 2. The van der Waals surface area contributed by atoms with E-state index in [0.717, 1.165) is 84.5 Å². The molecule has 1 saturated heterocycles. The summed E-state index contributed by atoms with van der Waals surface area (Å²) in [6.07, 6.45) is 5.09. The van der Waals surface area contributed by atoms with E-state index in [0.29, 0.717) is 12.5 Å². The second-order valence-corrected chi connectivity index (χ2v) is 9.93. The molecule has 6 rings (SSSR count). The van der Waals surface area contributed by atoms with Crippen LogP contribution >= 0.6 is 0 Å². The van der Waals surface area contributed by atoms with Crippen LogP contribution in [0, 0.1) is 11.7 Å². The third-order valence-electron chi connectivity index (χ3n) is 7.46. The van der Waals surface area contributed by atoms with Crippen LogP contribution in [0.15, 0.2) is 79.0 Å². The van der Waals surface area contributed by atoms with Crippen molar-refractivity contribution in [2.24, 2.45) is 5.92 Å². The molecule has 3 aromatic carbocycles. The number of rotatable bonds is 8. The normalized spacial score (nSPS) is 14.9. The molecule has 1 aliphatic heterocycles. The lowest BCUT2D eigenvalue weighted by atomic mass is 9.93. The van der Waals surface area contributed by atoms with Crippen molar-refractivity contribution in [1.82, 2.24) is 24.6 Å². The summed E-state index contributed by atoms with van der Waals surface area (Å²) in [6, 6.07) is 23.3. The summed E-state index contributed by atoms with van der Waals surface area (Å²) in [4.78, 5) is 7.53. The number of nitrogens with zero attached hydrogens (tertiary/aromatic N) is 5. The lowest BCUT2D eigenvalue weighted by molar-refractivity contribution is 0.188. The molecule has 37 heavy (non-hydrogen) atoms. The van der Waals surface area contributed by atoms with Crippen molar-refractivity contribution in [3.8, 4) is 0 Å². The summed E-state index contributed by atoms with van der Waals surface area (Å²) in [5, 5.41) is 14.1. The molecule has 0 radical (unpaired) electrons. The van der Waals surface area contributed by atoms with E-state index >= 15 is 0 Å². The van der Waals surface area contributed by atoms with Gasteiger partial charge in [0.2, 0.25) is 0 Å². The van der Waals surface area contributed by atoms with Gasteiger partial charge >= 0.3 is 0 Å². The lowest BCUT2D eigenvalue weighted by Gasteiger charge is -2.32. The summed E-state index contributed by atoms with van der Waals surface area (Å²) < 4.78 is 15.7. The molecule has 7 heteroatoms. The Balaban J connectivity index is 1.06. The van der Waals surface area contributed by atoms with E-state index in [-0.39, 0.29) is 5.82 Å². The molecular weight excluding hydrogens is 463 g/mol. The standard InChI is InChI=1S/C30H31FN6/c31-25-11-9-23(10-12-25)21-37-28-8-4-3-7-27(28)34-29(37)19-22-13-16-36(17-14-22)18-15-32-30-26-6-2-1-5-24(26)20-33-35-30/h1-12,20,22H,13-19,21H2,(H,32,35). The fourth-order valence-corrected chi connectivity index (χ4v) is 5.39. The van der Waals surface area contributed by atoms with Crippen LogP contribution < -0.4 is 5.32 Å². The summed E-state index contributed by atoms with van der Waals surface area (Å²) in [5.74, 6) is 2.39. The Labute approximate surface area is 216 Å². The Morgan fingerprint density at radius 1 is 0.919 bits per heavy atom. The fourth-order valence-electron chi connectivity index (χ4n) is 5.39. The van der Waals surface area contributed by atoms with Gasteiger partial charge in [-0.05, 0) is 61.7 Å². The number of nitrogens with one attached hydrogen (secondary N) is 1. The first-order valence-corrected chi connectivity index (χ1v) is 13.1. The molecule has 1 aliphatic rings. The van der Waals surface area contributed by atoms with Crippen molar-refractivity contribution in [1.29, 1.82) is 0 Å². The molecule has 3 heterocycles. The first kappa shape index (κ1) is 23.6. The molecule has 0 aliphatic carbocycles. The second kappa shape index (κ2) is 10.6. The second-order valence-electron chi connectivity index (χ2n) is 9.93. The number of hydrogen-bond acceptors (Lipinski definition) is 5. The van der Waals surface area contributed by atoms with Gasteiger partial charge in [-0.15, -0.1) is 5.10 Å². The van der Waals surface area contributed by atoms with Crippen molar-refractivity contribution < 1.29 is 4.39 Å². The van der Waals surface area contributed by atoms with Gasteiger partial charge in [-0.3, -0.25) is 0 Å². The van der Waals surface area contributed by atoms with Crippen LogP contribution in [-0.4, -0.2) is 50.8 Å². The van der Waals surface area contributed by atoms with Crippen LogP contribution in [0.4, 0.5) is 10.2 Å².